The fourth-order valence-corrected chi connectivity index (χ4v) is 4.78. The molecule has 0 radical (unpaired) electrons. The molecule has 144 valence electrons. The van der Waals surface area contributed by atoms with Gasteiger partial charge in [-0.1, -0.05) is 18.0 Å². The number of nitrogens with zero attached hydrogens (tertiary/aromatic N) is 4. The third-order valence-electron chi connectivity index (χ3n) is 5.96. The molecule has 0 spiro atoms. The summed E-state index contributed by atoms with van der Waals surface area (Å²) in [5.41, 5.74) is 1.53. The van der Waals surface area contributed by atoms with Gasteiger partial charge >= 0.3 is 0 Å². The summed E-state index contributed by atoms with van der Waals surface area (Å²) in [5, 5.41) is 8.25. The summed E-state index contributed by atoms with van der Waals surface area (Å²) in [6.07, 6.45) is 8.89. The first-order valence-corrected chi connectivity index (χ1v) is 10.7. The highest BCUT2D eigenvalue weighted by Crippen LogP contribution is 2.47. The Kier molecular flexibility index (Phi) is 4.47. The van der Waals surface area contributed by atoms with Crippen molar-refractivity contribution in [3.63, 3.8) is 0 Å². The lowest BCUT2D eigenvalue weighted by Gasteiger charge is -2.40. The van der Waals surface area contributed by atoms with E-state index in [0.29, 0.717) is 5.89 Å². The Hall–Kier alpha value is -2.54. The van der Waals surface area contributed by atoms with E-state index in [1.54, 1.807) is 23.7 Å². The highest BCUT2D eigenvalue weighted by atomic mass is 32.1. The molecule has 3 aromatic rings. The molecule has 1 aliphatic heterocycles. The molecule has 4 heterocycles. The number of amides is 1. The van der Waals surface area contributed by atoms with Crippen LogP contribution < -0.4 is 0 Å². The van der Waals surface area contributed by atoms with E-state index in [0.717, 1.165) is 55.2 Å². The van der Waals surface area contributed by atoms with Gasteiger partial charge in [0.1, 0.15) is 0 Å². The quantitative estimate of drug-likeness (QED) is 0.649. The van der Waals surface area contributed by atoms with E-state index in [1.165, 1.54) is 12.8 Å². The minimum atomic E-state index is -0.101. The molecule has 0 unspecified atom stereocenters. The Balaban J connectivity index is 1.37. The first-order chi connectivity index (χ1) is 13.7. The van der Waals surface area contributed by atoms with Gasteiger partial charge in [0.05, 0.1) is 11.1 Å². The molecule has 2 fully saturated rings. The molecule has 7 heteroatoms. The van der Waals surface area contributed by atoms with Crippen LogP contribution in [0.3, 0.4) is 0 Å². The van der Waals surface area contributed by atoms with E-state index in [4.69, 9.17) is 9.51 Å². The average Bonchev–Trinajstić information content (AvgIpc) is 3.21. The summed E-state index contributed by atoms with van der Waals surface area (Å²) < 4.78 is 5.58. The van der Waals surface area contributed by atoms with Crippen molar-refractivity contribution in [1.29, 1.82) is 0 Å². The fraction of sp³-hybridized carbons (Fsp3) is 0.429. The van der Waals surface area contributed by atoms with Crippen LogP contribution in [0.5, 0.6) is 0 Å². The van der Waals surface area contributed by atoms with E-state index in [-0.39, 0.29) is 11.3 Å². The average molecular weight is 395 g/mol. The fourth-order valence-electron chi connectivity index (χ4n) is 4.15. The van der Waals surface area contributed by atoms with Crippen molar-refractivity contribution in [1.82, 2.24) is 20.0 Å². The number of carbonyl (C=O) groups excluding carboxylic acids is 1. The van der Waals surface area contributed by atoms with Gasteiger partial charge in [0.15, 0.2) is 5.82 Å². The number of carbonyl (C=O) groups is 1. The van der Waals surface area contributed by atoms with Crippen LogP contribution in [0.2, 0.25) is 0 Å². The molecule has 28 heavy (non-hydrogen) atoms. The second-order valence-electron chi connectivity index (χ2n) is 7.90. The smallest absolute Gasteiger partial charge is 0.259 e. The van der Waals surface area contributed by atoms with E-state index >= 15 is 0 Å². The van der Waals surface area contributed by atoms with Crippen LogP contribution in [0.4, 0.5) is 0 Å². The molecular formula is C21H22N4O2S. The summed E-state index contributed by atoms with van der Waals surface area (Å²) in [4.78, 5) is 23.6. The Morgan fingerprint density at radius 2 is 2.14 bits per heavy atom. The lowest BCUT2D eigenvalue weighted by molar-refractivity contribution is 0.0646. The van der Waals surface area contributed by atoms with Crippen molar-refractivity contribution in [2.24, 2.45) is 5.92 Å². The molecule has 2 aliphatic rings. The Bertz CT molecular complexity index is 942. The summed E-state index contributed by atoms with van der Waals surface area (Å²) in [7, 11) is 0. The van der Waals surface area contributed by atoms with Crippen molar-refractivity contribution in [2.75, 3.05) is 13.1 Å². The molecule has 6 nitrogen and oxygen atoms in total. The van der Waals surface area contributed by atoms with Crippen LogP contribution in [0.25, 0.3) is 11.5 Å². The van der Waals surface area contributed by atoms with Crippen LogP contribution in [0, 0.1) is 5.92 Å². The SMILES string of the molecule is O=C(c1ccsc1)N1CCC(CC2CC2)(c2noc(-c3cccnc3)n2)CC1. The predicted molar refractivity (Wildman–Crippen MR) is 106 cm³/mol. The normalized spacial score (nSPS) is 18.9. The first kappa shape index (κ1) is 17.6. The van der Waals surface area contributed by atoms with Gasteiger partial charge < -0.3 is 9.42 Å². The molecule has 0 aromatic carbocycles. The van der Waals surface area contributed by atoms with Crippen LogP contribution in [-0.2, 0) is 5.41 Å². The minimum absolute atomic E-state index is 0.101. The van der Waals surface area contributed by atoms with Crippen molar-refractivity contribution in [3.05, 3.63) is 52.7 Å². The number of hydrogen-bond acceptors (Lipinski definition) is 6. The van der Waals surface area contributed by atoms with E-state index in [1.807, 2.05) is 33.9 Å². The number of hydrogen-bond donors (Lipinski definition) is 0. The van der Waals surface area contributed by atoms with Gasteiger partial charge in [0, 0.05) is 36.3 Å². The maximum Gasteiger partial charge on any atom is 0.259 e. The Labute approximate surface area is 167 Å². The summed E-state index contributed by atoms with van der Waals surface area (Å²) in [5.74, 6) is 2.20. The van der Waals surface area contributed by atoms with E-state index in [9.17, 15) is 4.79 Å². The largest absolute Gasteiger partial charge is 0.339 e. The van der Waals surface area contributed by atoms with Crippen molar-refractivity contribution in [3.8, 4) is 11.5 Å². The monoisotopic (exact) mass is 394 g/mol. The number of aromatic nitrogens is 3. The van der Waals surface area contributed by atoms with Crippen LogP contribution >= 0.6 is 11.3 Å². The van der Waals surface area contributed by atoms with E-state index < -0.39 is 0 Å². The highest BCUT2D eigenvalue weighted by molar-refractivity contribution is 7.08. The molecule has 1 amide bonds. The third-order valence-corrected chi connectivity index (χ3v) is 6.64. The van der Waals surface area contributed by atoms with Gasteiger partial charge in [-0.15, -0.1) is 0 Å². The standard InChI is InChI=1S/C21H22N4O2S/c26-19(17-5-11-28-14-17)25-9-6-21(7-10-25,12-15-3-4-15)20-23-18(27-24-20)16-2-1-8-22-13-16/h1-2,5,8,11,13-15H,3-4,6-7,9-10,12H2. The van der Waals surface area contributed by atoms with Crippen LogP contribution in [0.15, 0.2) is 45.9 Å². The number of pyridine rings is 1. The van der Waals surface area contributed by atoms with Gasteiger partial charge in [-0.05, 0) is 48.8 Å². The van der Waals surface area contributed by atoms with Gasteiger partial charge in [0.2, 0.25) is 0 Å². The molecule has 1 saturated heterocycles. The topological polar surface area (TPSA) is 72.1 Å². The third kappa shape index (κ3) is 3.35. The highest BCUT2D eigenvalue weighted by Gasteiger charge is 2.44. The Morgan fingerprint density at radius 3 is 2.82 bits per heavy atom. The lowest BCUT2D eigenvalue weighted by Crippen LogP contribution is -2.46. The second kappa shape index (κ2) is 7.13. The number of likely N-dealkylation sites (tertiary alicyclic amines) is 1. The maximum atomic E-state index is 12.7. The minimum Gasteiger partial charge on any atom is -0.339 e. The molecule has 0 atom stereocenters. The van der Waals surface area contributed by atoms with Gasteiger partial charge in [-0.2, -0.15) is 16.3 Å². The number of rotatable bonds is 5. The van der Waals surface area contributed by atoms with Gasteiger partial charge in [0.25, 0.3) is 11.8 Å². The summed E-state index contributed by atoms with van der Waals surface area (Å²) >= 11 is 1.56. The Morgan fingerprint density at radius 1 is 1.29 bits per heavy atom. The number of piperidine rings is 1. The predicted octanol–water partition coefficient (Wildman–Crippen LogP) is 4.17. The van der Waals surface area contributed by atoms with Crippen molar-refractivity contribution in [2.45, 2.75) is 37.5 Å². The molecule has 1 saturated carbocycles. The molecule has 1 aliphatic carbocycles. The first-order valence-electron chi connectivity index (χ1n) is 9.80. The van der Waals surface area contributed by atoms with Gasteiger partial charge in [-0.3, -0.25) is 9.78 Å². The van der Waals surface area contributed by atoms with Crippen LogP contribution in [0.1, 0.15) is 48.3 Å². The molecule has 5 rings (SSSR count). The molecular weight excluding hydrogens is 372 g/mol. The summed E-state index contributed by atoms with van der Waals surface area (Å²) in [6, 6.07) is 5.70. The zero-order valence-electron chi connectivity index (χ0n) is 15.6. The van der Waals surface area contributed by atoms with Crippen molar-refractivity contribution < 1.29 is 9.32 Å². The van der Waals surface area contributed by atoms with E-state index in [2.05, 4.69) is 10.1 Å². The lowest BCUT2D eigenvalue weighted by atomic mass is 9.73. The number of thiophene rings is 1. The zero-order chi connectivity index (χ0) is 19.0. The molecule has 3 aromatic heterocycles. The maximum absolute atomic E-state index is 12.7. The second-order valence-corrected chi connectivity index (χ2v) is 8.68. The molecule has 0 bridgehead atoms. The zero-order valence-corrected chi connectivity index (χ0v) is 16.4. The molecule has 0 N–H and O–H groups in total. The van der Waals surface area contributed by atoms with Crippen LogP contribution in [-0.4, -0.2) is 39.0 Å². The summed E-state index contributed by atoms with van der Waals surface area (Å²) in [6.45, 7) is 1.47. The van der Waals surface area contributed by atoms with Crippen molar-refractivity contribution >= 4 is 17.2 Å². The van der Waals surface area contributed by atoms with Gasteiger partial charge in [-0.25, -0.2) is 0 Å².